The molecule has 0 bridgehead atoms. The van der Waals surface area contributed by atoms with Crippen molar-refractivity contribution in [1.82, 2.24) is 5.32 Å². The lowest BCUT2D eigenvalue weighted by Gasteiger charge is -2.20. The molecule has 0 spiro atoms. The minimum atomic E-state index is -1.00. The van der Waals surface area contributed by atoms with Gasteiger partial charge in [-0.15, -0.1) is 0 Å². The molecule has 0 saturated heterocycles. The lowest BCUT2D eigenvalue weighted by molar-refractivity contribution is 0.0189. The first-order valence-electron chi connectivity index (χ1n) is 4.94. The molecular formula is C11H16ClNO3. The largest absolute Gasteiger partial charge is 0.496 e. The van der Waals surface area contributed by atoms with Crippen LogP contribution in [0.5, 0.6) is 5.75 Å². The number of aliphatic hydroxyl groups excluding tert-OH is 2. The highest BCUT2D eigenvalue weighted by Gasteiger charge is 2.21. The second kappa shape index (κ2) is 6.06. The second-order valence-corrected chi connectivity index (χ2v) is 3.89. The van der Waals surface area contributed by atoms with Gasteiger partial charge in [0.25, 0.3) is 0 Å². The zero-order valence-electron chi connectivity index (χ0n) is 9.27. The van der Waals surface area contributed by atoms with E-state index in [-0.39, 0.29) is 0 Å². The highest BCUT2D eigenvalue weighted by atomic mass is 35.5. The van der Waals surface area contributed by atoms with Gasteiger partial charge in [-0.1, -0.05) is 17.7 Å². The molecule has 1 rings (SSSR count). The summed E-state index contributed by atoms with van der Waals surface area (Å²) in [5.74, 6) is 0.468. The SMILES string of the molecule is CNCC(O)C(O)c1ccc(Cl)cc1OC. The van der Waals surface area contributed by atoms with E-state index in [1.165, 1.54) is 7.11 Å². The third-order valence-corrected chi connectivity index (χ3v) is 2.53. The third kappa shape index (κ3) is 3.09. The van der Waals surface area contributed by atoms with E-state index in [2.05, 4.69) is 5.32 Å². The summed E-state index contributed by atoms with van der Waals surface area (Å²) >= 11 is 5.80. The van der Waals surface area contributed by atoms with Crippen LogP contribution in [0.1, 0.15) is 11.7 Å². The number of aliphatic hydroxyl groups is 2. The Morgan fingerprint density at radius 2 is 2.12 bits per heavy atom. The molecule has 0 aromatic heterocycles. The summed E-state index contributed by atoms with van der Waals surface area (Å²) in [5, 5.41) is 22.9. The highest BCUT2D eigenvalue weighted by molar-refractivity contribution is 6.30. The van der Waals surface area contributed by atoms with E-state index >= 15 is 0 Å². The van der Waals surface area contributed by atoms with Gasteiger partial charge < -0.3 is 20.3 Å². The minimum Gasteiger partial charge on any atom is -0.496 e. The molecule has 2 unspecified atom stereocenters. The van der Waals surface area contributed by atoms with Gasteiger partial charge in [0.15, 0.2) is 0 Å². The number of likely N-dealkylation sites (N-methyl/N-ethyl adjacent to an activating group) is 1. The molecule has 16 heavy (non-hydrogen) atoms. The van der Waals surface area contributed by atoms with E-state index < -0.39 is 12.2 Å². The Hall–Kier alpha value is -0.810. The van der Waals surface area contributed by atoms with Crippen LogP contribution < -0.4 is 10.1 Å². The fraction of sp³-hybridized carbons (Fsp3) is 0.455. The van der Waals surface area contributed by atoms with Crippen LogP contribution in [0, 0.1) is 0 Å². The van der Waals surface area contributed by atoms with Crippen LogP contribution in [-0.2, 0) is 0 Å². The van der Waals surface area contributed by atoms with E-state index in [0.717, 1.165) is 0 Å². The summed E-state index contributed by atoms with van der Waals surface area (Å²) in [5.41, 5.74) is 0.523. The average Bonchev–Trinajstić information content (AvgIpc) is 2.28. The van der Waals surface area contributed by atoms with Crippen LogP contribution in [0.2, 0.25) is 5.02 Å². The summed E-state index contributed by atoms with van der Waals surface area (Å²) in [7, 11) is 3.20. The zero-order chi connectivity index (χ0) is 12.1. The minimum absolute atomic E-state index is 0.299. The van der Waals surface area contributed by atoms with E-state index in [4.69, 9.17) is 16.3 Å². The predicted octanol–water partition coefficient (Wildman–Crippen LogP) is 0.962. The van der Waals surface area contributed by atoms with Crippen LogP contribution in [0.3, 0.4) is 0 Å². The summed E-state index contributed by atoms with van der Waals surface area (Å²) < 4.78 is 5.10. The van der Waals surface area contributed by atoms with E-state index in [9.17, 15) is 10.2 Å². The molecule has 4 nitrogen and oxygen atoms in total. The average molecular weight is 246 g/mol. The summed E-state index contributed by atoms with van der Waals surface area (Å²) in [4.78, 5) is 0. The number of ether oxygens (including phenoxy) is 1. The number of methoxy groups -OCH3 is 1. The summed E-state index contributed by atoms with van der Waals surface area (Å²) in [6.07, 6.45) is -1.89. The first kappa shape index (κ1) is 13.3. The van der Waals surface area contributed by atoms with Crippen molar-refractivity contribution in [1.29, 1.82) is 0 Å². The number of hydrogen-bond donors (Lipinski definition) is 3. The Kier molecular flexibility index (Phi) is 5.02. The van der Waals surface area contributed by atoms with Crippen molar-refractivity contribution in [3.05, 3.63) is 28.8 Å². The number of halogens is 1. The maximum absolute atomic E-state index is 9.91. The van der Waals surface area contributed by atoms with E-state index in [0.29, 0.717) is 22.9 Å². The number of nitrogens with one attached hydrogen (secondary N) is 1. The van der Waals surface area contributed by atoms with Gasteiger partial charge in [-0.3, -0.25) is 0 Å². The highest BCUT2D eigenvalue weighted by Crippen LogP contribution is 2.29. The molecule has 0 aliphatic heterocycles. The molecule has 0 amide bonds. The van der Waals surface area contributed by atoms with E-state index in [1.807, 2.05) is 0 Å². The van der Waals surface area contributed by atoms with Crippen molar-refractivity contribution in [3.8, 4) is 5.75 Å². The molecule has 1 aromatic rings. The van der Waals surface area contributed by atoms with Crippen LogP contribution in [0.25, 0.3) is 0 Å². The van der Waals surface area contributed by atoms with Gasteiger partial charge in [-0.2, -0.15) is 0 Å². The molecule has 3 N–H and O–H groups in total. The van der Waals surface area contributed by atoms with Gasteiger partial charge in [-0.05, 0) is 19.2 Å². The van der Waals surface area contributed by atoms with Crippen LogP contribution in [0.4, 0.5) is 0 Å². The fourth-order valence-corrected chi connectivity index (χ4v) is 1.62. The van der Waals surface area contributed by atoms with Crippen LogP contribution in [-0.4, -0.2) is 37.0 Å². The van der Waals surface area contributed by atoms with Gasteiger partial charge in [0.1, 0.15) is 11.9 Å². The fourth-order valence-electron chi connectivity index (χ4n) is 1.46. The van der Waals surface area contributed by atoms with Crippen molar-refractivity contribution >= 4 is 11.6 Å². The molecule has 0 radical (unpaired) electrons. The Bertz CT molecular complexity index is 346. The molecule has 5 heteroatoms. The number of rotatable bonds is 5. The topological polar surface area (TPSA) is 61.7 Å². The van der Waals surface area contributed by atoms with Crippen LogP contribution in [0.15, 0.2) is 18.2 Å². The summed E-state index contributed by atoms with van der Waals surface area (Å²) in [6, 6.07) is 4.89. The second-order valence-electron chi connectivity index (χ2n) is 3.46. The molecule has 0 saturated carbocycles. The lowest BCUT2D eigenvalue weighted by atomic mass is 10.0. The monoisotopic (exact) mass is 245 g/mol. The molecule has 90 valence electrons. The maximum atomic E-state index is 9.91. The smallest absolute Gasteiger partial charge is 0.126 e. The van der Waals surface area contributed by atoms with Crippen molar-refractivity contribution in [3.63, 3.8) is 0 Å². The van der Waals surface area contributed by atoms with Gasteiger partial charge in [-0.25, -0.2) is 0 Å². The molecule has 0 heterocycles. The lowest BCUT2D eigenvalue weighted by Crippen LogP contribution is -2.29. The number of hydrogen-bond acceptors (Lipinski definition) is 4. The Morgan fingerprint density at radius 3 is 2.69 bits per heavy atom. The Labute approximate surface area is 99.8 Å². The molecule has 0 fully saturated rings. The normalized spacial score (nSPS) is 14.6. The molecule has 1 aromatic carbocycles. The molecular weight excluding hydrogens is 230 g/mol. The van der Waals surface area contributed by atoms with E-state index in [1.54, 1.807) is 25.2 Å². The van der Waals surface area contributed by atoms with Crippen molar-refractivity contribution in [2.75, 3.05) is 20.7 Å². The maximum Gasteiger partial charge on any atom is 0.126 e. The summed E-state index contributed by atoms with van der Waals surface area (Å²) in [6.45, 7) is 0.299. The first-order chi connectivity index (χ1) is 7.60. The zero-order valence-corrected chi connectivity index (χ0v) is 10.0. The quantitative estimate of drug-likeness (QED) is 0.723. The van der Waals surface area contributed by atoms with Gasteiger partial charge >= 0.3 is 0 Å². The Balaban J connectivity index is 2.93. The Morgan fingerprint density at radius 1 is 1.44 bits per heavy atom. The molecule has 0 aliphatic rings. The van der Waals surface area contributed by atoms with Crippen LogP contribution >= 0.6 is 11.6 Å². The van der Waals surface area contributed by atoms with Gasteiger partial charge in [0, 0.05) is 17.1 Å². The van der Waals surface area contributed by atoms with Crippen molar-refractivity contribution < 1.29 is 14.9 Å². The van der Waals surface area contributed by atoms with Gasteiger partial charge in [0.05, 0.1) is 13.2 Å². The van der Waals surface area contributed by atoms with Crippen molar-refractivity contribution in [2.24, 2.45) is 0 Å². The third-order valence-electron chi connectivity index (χ3n) is 2.29. The van der Waals surface area contributed by atoms with Crippen molar-refractivity contribution in [2.45, 2.75) is 12.2 Å². The first-order valence-corrected chi connectivity index (χ1v) is 5.32. The molecule has 2 atom stereocenters. The standard InChI is InChI=1S/C11H16ClNO3/c1-13-6-9(14)11(15)8-4-3-7(12)5-10(8)16-2/h3-5,9,11,13-15H,6H2,1-2H3. The predicted molar refractivity (Wildman–Crippen MR) is 62.9 cm³/mol. The molecule has 0 aliphatic carbocycles. The number of benzene rings is 1. The van der Waals surface area contributed by atoms with Gasteiger partial charge in [0.2, 0.25) is 0 Å².